The second-order valence-electron chi connectivity index (χ2n) is 27.9. The number of aliphatic hydroxyl groups excluding tert-OH is 1. The summed E-state index contributed by atoms with van der Waals surface area (Å²) in [6, 6.07) is 0. The van der Waals surface area contributed by atoms with Crippen molar-refractivity contribution in [2.75, 3.05) is 39.6 Å². The van der Waals surface area contributed by atoms with Crippen LogP contribution in [0.5, 0.6) is 0 Å². The summed E-state index contributed by atoms with van der Waals surface area (Å²) < 4.78 is 68.3. The van der Waals surface area contributed by atoms with E-state index in [-0.39, 0.29) is 25.7 Å². The molecule has 0 amide bonds. The molecule has 0 aromatic heterocycles. The molecular formula is C72H140O17P2. The Kier molecular flexibility index (Phi) is 60.3. The minimum Gasteiger partial charge on any atom is -0.462 e. The highest BCUT2D eigenvalue weighted by molar-refractivity contribution is 7.47. The molecule has 0 spiro atoms. The molecule has 0 saturated carbocycles. The normalized spacial score (nSPS) is 14.2. The number of aliphatic hydroxyl groups is 1. The molecule has 3 N–H and O–H groups in total. The lowest BCUT2D eigenvalue weighted by Crippen LogP contribution is -2.30. The van der Waals surface area contributed by atoms with Gasteiger partial charge in [0.2, 0.25) is 0 Å². The summed E-state index contributed by atoms with van der Waals surface area (Å²) in [5, 5.41) is 10.6. The van der Waals surface area contributed by atoms with Crippen molar-refractivity contribution in [1.82, 2.24) is 0 Å². The lowest BCUT2D eigenvalue weighted by atomic mass is 10.0. The van der Waals surface area contributed by atoms with E-state index >= 15 is 0 Å². The number of hydrogen-bond acceptors (Lipinski definition) is 15. The van der Waals surface area contributed by atoms with E-state index in [1.165, 1.54) is 154 Å². The molecule has 91 heavy (non-hydrogen) atoms. The van der Waals surface area contributed by atoms with Crippen molar-refractivity contribution in [2.45, 2.75) is 375 Å². The van der Waals surface area contributed by atoms with Crippen molar-refractivity contribution in [1.29, 1.82) is 0 Å². The van der Waals surface area contributed by atoms with Crippen LogP contribution in [0.4, 0.5) is 0 Å². The molecule has 0 aliphatic rings. The van der Waals surface area contributed by atoms with Crippen LogP contribution in [-0.4, -0.2) is 96.7 Å². The lowest BCUT2D eigenvalue weighted by Gasteiger charge is -2.21. The van der Waals surface area contributed by atoms with Crippen LogP contribution in [0, 0.1) is 23.7 Å². The first-order valence-electron chi connectivity index (χ1n) is 37.2. The van der Waals surface area contributed by atoms with E-state index in [1.54, 1.807) is 0 Å². The van der Waals surface area contributed by atoms with E-state index in [1.807, 2.05) is 0 Å². The monoisotopic (exact) mass is 1340 g/mol. The third kappa shape index (κ3) is 66.5. The van der Waals surface area contributed by atoms with Crippen LogP contribution in [0.3, 0.4) is 0 Å². The van der Waals surface area contributed by atoms with Gasteiger partial charge in [0.1, 0.15) is 19.3 Å². The molecule has 5 atom stereocenters. The average molecular weight is 1340 g/mol. The highest BCUT2D eigenvalue weighted by atomic mass is 31.2. The van der Waals surface area contributed by atoms with Gasteiger partial charge in [0.25, 0.3) is 0 Å². The number of hydrogen-bond donors (Lipinski definition) is 3. The molecule has 0 saturated heterocycles. The van der Waals surface area contributed by atoms with E-state index in [2.05, 4.69) is 55.4 Å². The number of phosphoric ester groups is 2. The van der Waals surface area contributed by atoms with Gasteiger partial charge in [-0.05, 0) is 49.4 Å². The summed E-state index contributed by atoms with van der Waals surface area (Å²) in [5.74, 6) is 0.829. The summed E-state index contributed by atoms with van der Waals surface area (Å²) in [6.07, 6.45) is 44.7. The maximum atomic E-state index is 13.0. The molecule has 540 valence electrons. The van der Waals surface area contributed by atoms with Gasteiger partial charge in [0.05, 0.1) is 26.4 Å². The summed E-state index contributed by atoms with van der Waals surface area (Å²) in [5.41, 5.74) is 0. The first kappa shape index (κ1) is 89.1. The molecule has 17 nitrogen and oxygen atoms in total. The third-order valence-corrected chi connectivity index (χ3v) is 18.5. The van der Waals surface area contributed by atoms with Gasteiger partial charge < -0.3 is 33.8 Å². The van der Waals surface area contributed by atoms with Crippen LogP contribution in [0.2, 0.25) is 0 Å². The van der Waals surface area contributed by atoms with Crippen LogP contribution in [0.1, 0.15) is 357 Å². The van der Waals surface area contributed by atoms with Crippen molar-refractivity contribution in [3.8, 4) is 0 Å². The molecule has 0 aromatic rings. The van der Waals surface area contributed by atoms with E-state index in [9.17, 15) is 43.2 Å². The number of ether oxygens (including phenoxy) is 4. The molecule has 19 heteroatoms. The fourth-order valence-electron chi connectivity index (χ4n) is 10.8. The zero-order chi connectivity index (χ0) is 67.5. The van der Waals surface area contributed by atoms with E-state index < -0.39 is 97.5 Å². The van der Waals surface area contributed by atoms with Gasteiger partial charge in [-0.15, -0.1) is 0 Å². The van der Waals surface area contributed by atoms with E-state index in [0.717, 1.165) is 108 Å². The summed E-state index contributed by atoms with van der Waals surface area (Å²) >= 11 is 0. The third-order valence-electron chi connectivity index (χ3n) is 16.6. The average Bonchev–Trinajstić information content (AvgIpc) is 3.64. The van der Waals surface area contributed by atoms with Gasteiger partial charge in [-0.25, -0.2) is 9.13 Å². The van der Waals surface area contributed by atoms with Crippen molar-refractivity contribution >= 4 is 39.5 Å². The summed E-state index contributed by atoms with van der Waals surface area (Å²) in [6.45, 7) is 14.1. The number of carbonyl (C=O) groups excluding carboxylic acids is 4. The van der Waals surface area contributed by atoms with Gasteiger partial charge in [-0.2, -0.15) is 0 Å². The van der Waals surface area contributed by atoms with E-state index in [0.29, 0.717) is 37.5 Å². The van der Waals surface area contributed by atoms with Gasteiger partial charge in [-0.3, -0.25) is 37.3 Å². The molecule has 0 heterocycles. The van der Waals surface area contributed by atoms with E-state index in [4.69, 9.17) is 37.0 Å². The molecule has 0 aliphatic heterocycles. The van der Waals surface area contributed by atoms with Gasteiger partial charge in [-0.1, -0.05) is 306 Å². The fourth-order valence-corrected chi connectivity index (χ4v) is 12.4. The van der Waals surface area contributed by atoms with Crippen molar-refractivity contribution in [3.63, 3.8) is 0 Å². The molecule has 0 bridgehead atoms. The highest BCUT2D eigenvalue weighted by Gasteiger charge is 2.30. The molecule has 0 fully saturated rings. The SMILES string of the molecule is CC(C)CCCCCCCCCCCCCCCCCC(=O)OC[C@H](COP(=O)(O)OCC(O)COP(=O)(O)OC[C@@H](COC(=O)CCCCCCCCCC(C)C)OC(=O)CCCCCCCCCCCCC(C)C)OC(=O)CCCCCCCCCC(C)C. The minimum absolute atomic E-state index is 0.103. The summed E-state index contributed by atoms with van der Waals surface area (Å²) in [4.78, 5) is 72.6. The van der Waals surface area contributed by atoms with Crippen molar-refractivity contribution in [3.05, 3.63) is 0 Å². The molecule has 0 rings (SSSR count). The quantitative estimate of drug-likeness (QED) is 0.0222. The topological polar surface area (TPSA) is 237 Å². The molecule has 3 unspecified atom stereocenters. The zero-order valence-electron chi connectivity index (χ0n) is 59.5. The number of phosphoric acid groups is 2. The Bertz CT molecular complexity index is 1800. The van der Waals surface area contributed by atoms with Gasteiger partial charge in [0, 0.05) is 25.7 Å². The molecule has 0 aromatic carbocycles. The van der Waals surface area contributed by atoms with Gasteiger partial charge >= 0.3 is 39.5 Å². The highest BCUT2D eigenvalue weighted by Crippen LogP contribution is 2.45. The van der Waals surface area contributed by atoms with Crippen LogP contribution in [-0.2, 0) is 65.4 Å². The minimum atomic E-state index is -4.95. The number of rotatable bonds is 69. The predicted octanol–water partition coefficient (Wildman–Crippen LogP) is 20.5. The van der Waals surface area contributed by atoms with Crippen LogP contribution in [0.15, 0.2) is 0 Å². The maximum absolute atomic E-state index is 13.0. The standard InChI is InChI=1S/C72H140O17P2/c1-62(2)48-40-32-24-18-14-12-10-9-11-13-15-20-28-36-44-52-69(74)82-58-68(89-72(77)55-47-39-31-23-27-35-43-51-65(7)8)61-87-91(80,81)85-57-66(73)56-84-90(78,79)86-60-67(59-83-70(75)53-45-37-30-22-26-34-42-50-64(5)6)88-71(76)54-46-38-29-21-17-16-19-25-33-41-49-63(3)4/h62-68,73H,9-61H2,1-8H3,(H,78,79)(H,80,81)/t66?,67-,68-/m1/s1. The first-order valence-corrected chi connectivity index (χ1v) is 40.2. The molecule has 0 radical (unpaired) electrons. The largest absolute Gasteiger partial charge is 0.472 e. The van der Waals surface area contributed by atoms with Crippen LogP contribution in [0.25, 0.3) is 0 Å². The zero-order valence-corrected chi connectivity index (χ0v) is 61.3. The lowest BCUT2D eigenvalue weighted by molar-refractivity contribution is -0.161. The van der Waals surface area contributed by atoms with Crippen molar-refractivity contribution in [2.24, 2.45) is 23.7 Å². The Balaban J connectivity index is 5.19. The Morgan fingerprint density at radius 2 is 0.462 bits per heavy atom. The number of carbonyl (C=O) groups is 4. The van der Waals surface area contributed by atoms with Gasteiger partial charge in [0.15, 0.2) is 12.2 Å². The second kappa shape index (κ2) is 61.6. The fraction of sp³-hybridized carbons (Fsp3) is 0.944. The van der Waals surface area contributed by atoms with Crippen molar-refractivity contribution < 1.29 is 80.2 Å². The Labute approximate surface area is 556 Å². The number of unbranched alkanes of at least 4 members (excludes halogenated alkanes) is 35. The molecule has 0 aliphatic carbocycles. The number of esters is 4. The molecular weight excluding hydrogens is 1200 g/mol. The predicted molar refractivity (Wildman–Crippen MR) is 367 cm³/mol. The maximum Gasteiger partial charge on any atom is 0.472 e. The second-order valence-corrected chi connectivity index (χ2v) is 30.8. The Morgan fingerprint density at radius 3 is 0.681 bits per heavy atom. The smallest absolute Gasteiger partial charge is 0.462 e. The van der Waals surface area contributed by atoms with Crippen LogP contribution >= 0.6 is 15.6 Å². The van der Waals surface area contributed by atoms with Crippen LogP contribution < -0.4 is 0 Å². The Hall–Kier alpha value is -1.94. The Morgan fingerprint density at radius 1 is 0.275 bits per heavy atom. The summed E-state index contributed by atoms with van der Waals surface area (Å²) in [7, 11) is -9.90. The first-order chi connectivity index (χ1) is 43.6.